The van der Waals surface area contributed by atoms with Gasteiger partial charge in [0.1, 0.15) is 0 Å². The minimum Gasteiger partial charge on any atom is -0.295 e. The molecule has 0 saturated carbocycles. The van der Waals surface area contributed by atoms with Crippen LogP contribution in [0.3, 0.4) is 0 Å². The first-order valence-corrected chi connectivity index (χ1v) is 5.58. The molecule has 82 valence electrons. The van der Waals surface area contributed by atoms with Crippen molar-refractivity contribution in [2.45, 2.75) is 39.0 Å². The Balaban J connectivity index is 2.99. The summed E-state index contributed by atoms with van der Waals surface area (Å²) in [4.78, 5) is 11.5. The van der Waals surface area contributed by atoms with E-state index in [2.05, 4.69) is 20.1 Å². The second-order valence-corrected chi connectivity index (χ2v) is 4.54. The number of hydrogen-bond acceptors (Lipinski definition) is 1. The zero-order valence-electron chi connectivity index (χ0n) is 9.59. The first-order chi connectivity index (χ1) is 7.12. The number of ketones is 1. The summed E-state index contributed by atoms with van der Waals surface area (Å²) >= 11 is 0. The van der Waals surface area contributed by atoms with Gasteiger partial charge in [-0.15, -0.1) is 13.2 Å². The molecule has 0 bridgehead atoms. The molecule has 0 spiro atoms. The van der Waals surface area contributed by atoms with Gasteiger partial charge < -0.3 is 0 Å². The molecule has 0 radical (unpaired) electrons. The second kappa shape index (κ2) is 5.11. The highest BCUT2D eigenvalue weighted by Gasteiger charge is 2.29. The van der Waals surface area contributed by atoms with Crippen molar-refractivity contribution in [3.05, 3.63) is 37.0 Å². The highest BCUT2D eigenvalue weighted by Crippen LogP contribution is 2.40. The van der Waals surface area contributed by atoms with E-state index in [0.717, 1.165) is 25.7 Å². The number of hydrogen-bond donors (Lipinski definition) is 0. The van der Waals surface area contributed by atoms with Crippen LogP contribution in [0.4, 0.5) is 0 Å². The van der Waals surface area contributed by atoms with Crippen LogP contribution < -0.4 is 0 Å². The van der Waals surface area contributed by atoms with E-state index in [0.29, 0.717) is 6.42 Å². The van der Waals surface area contributed by atoms with Gasteiger partial charge in [-0.25, -0.2) is 0 Å². The van der Waals surface area contributed by atoms with Crippen molar-refractivity contribution >= 4 is 5.78 Å². The third-order valence-electron chi connectivity index (χ3n) is 3.22. The first kappa shape index (κ1) is 12.0. The molecule has 0 aromatic carbocycles. The zero-order chi connectivity index (χ0) is 11.3. The lowest BCUT2D eigenvalue weighted by Gasteiger charge is -2.30. The van der Waals surface area contributed by atoms with E-state index < -0.39 is 0 Å². The molecule has 0 amide bonds. The van der Waals surface area contributed by atoms with Crippen LogP contribution in [0.5, 0.6) is 0 Å². The van der Waals surface area contributed by atoms with E-state index in [1.807, 2.05) is 18.2 Å². The van der Waals surface area contributed by atoms with Gasteiger partial charge in [-0.1, -0.05) is 24.6 Å². The molecule has 0 N–H and O–H groups in total. The van der Waals surface area contributed by atoms with Crippen molar-refractivity contribution in [3.63, 3.8) is 0 Å². The Morgan fingerprint density at radius 3 is 2.80 bits per heavy atom. The monoisotopic (exact) mass is 204 g/mol. The maximum atomic E-state index is 11.5. The molecule has 1 heteroatoms. The average Bonchev–Trinajstić information content (AvgIpc) is 2.29. The van der Waals surface area contributed by atoms with Gasteiger partial charge in [0.05, 0.1) is 0 Å². The summed E-state index contributed by atoms with van der Waals surface area (Å²) in [5, 5.41) is 0. The summed E-state index contributed by atoms with van der Waals surface area (Å²) in [5.74, 6) is 0.264. The zero-order valence-corrected chi connectivity index (χ0v) is 9.59. The van der Waals surface area contributed by atoms with Crippen LogP contribution >= 0.6 is 0 Å². The summed E-state index contributed by atoms with van der Waals surface area (Å²) < 4.78 is 0. The molecular formula is C14H20O. The Kier molecular flexibility index (Phi) is 4.07. The molecule has 1 atom stereocenters. The number of carbonyl (C=O) groups is 1. The molecule has 0 unspecified atom stereocenters. The fourth-order valence-electron chi connectivity index (χ4n) is 2.27. The van der Waals surface area contributed by atoms with Gasteiger partial charge in [-0.2, -0.15) is 0 Å². The Labute approximate surface area is 92.6 Å². The number of carbonyl (C=O) groups excluding carboxylic acids is 1. The fraction of sp³-hybridized carbons (Fsp3) is 0.500. The van der Waals surface area contributed by atoms with Crippen LogP contribution in [-0.4, -0.2) is 5.78 Å². The van der Waals surface area contributed by atoms with E-state index in [1.54, 1.807) is 0 Å². The first-order valence-electron chi connectivity index (χ1n) is 5.58. The van der Waals surface area contributed by atoms with Gasteiger partial charge in [-0.05, 0) is 37.2 Å². The van der Waals surface area contributed by atoms with Crippen molar-refractivity contribution < 1.29 is 4.79 Å². The van der Waals surface area contributed by atoms with Crippen LogP contribution in [-0.2, 0) is 4.79 Å². The van der Waals surface area contributed by atoms with Crippen molar-refractivity contribution in [1.29, 1.82) is 0 Å². The van der Waals surface area contributed by atoms with Crippen LogP contribution in [0.25, 0.3) is 0 Å². The maximum Gasteiger partial charge on any atom is 0.155 e. The van der Waals surface area contributed by atoms with E-state index in [-0.39, 0.29) is 11.2 Å². The number of rotatable bonds is 4. The third-order valence-corrected chi connectivity index (χ3v) is 3.22. The minimum atomic E-state index is 0.113. The molecule has 1 aliphatic carbocycles. The lowest BCUT2D eigenvalue weighted by molar-refractivity contribution is -0.114. The molecule has 15 heavy (non-hydrogen) atoms. The molecule has 0 saturated heterocycles. The van der Waals surface area contributed by atoms with Gasteiger partial charge >= 0.3 is 0 Å². The smallest absolute Gasteiger partial charge is 0.155 e. The summed E-state index contributed by atoms with van der Waals surface area (Å²) in [7, 11) is 0. The van der Waals surface area contributed by atoms with Gasteiger partial charge in [0.25, 0.3) is 0 Å². The van der Waals surface area contributed by atoms with E-state index >= 15 is 0 Å². The molecule has 1 rings (SSSR count). The highest BCUT2D eigenvalue weighted by molar-refractivity contribution is 5.90. The Hall–Kier alpha value is -1.11. The predicted molar refractivity (Wildman–Crippen MR) is 64.7 cm³/mol. The van der Waals surface area contributed by atoms with Crippen LogP contribution in [0.15, 0.2) is 37.0 Å². The molecular weight excluding hydrogens is 184 g/mol. The van der Waals surface area contributed by atoms with Crippen molar-refractivity contribution in [1.82, 2.24) is 0 Å². The van der Waals surface area contributed by atoms with E-state index in [9.17, 15) is 4.79 Å². The van der Waals surface area contributed by atoms with E-state index in [1.165, 1.54) is 5.57 Å². The van der Waals surface area contributed by atoms with Gasteiger partial charge in [-0.3, -0.25) is 4.79 Å². The maximum absolute atomic E-state index is 11.5. The van der Waals surface area contributed by atoms with E-state index in [4.69, 9.17) is 0 Å². The van der Waals surface area contributed by atoms with Crippen LogP contribution in [0.2, 0.25) is 0 Å². The standard InChI is InChI=1S/C14H20O/c1-4-7-12-11-13(15)8-6-10-14(12,3)9-5-2/h4-5,11H,1-2,6-10H2,3H3/t14-/m1/s1. The molecule has 0 aromatic heterocycles. The summed E-state index contributed by atoms with van der Waals surface area (Å²) in [6.45, 7) is 9.79. The Morgan fingerprint density at radius 1 is 1.47 bits per heavy atom. The second-order valence-electron chi connectivity index (χ2n) is 4.54. The topological polar surface area (TPSA) is 17.1 Å². The summed E-state index contributed by atoms with van der Waals surface area (Å²) in [5.41, 5.74) is 1.34. The predicted octanol–water partition coefficient (Wildman–Crippen LogP) is 3.82. The fourth-order valence-corrected chi connectivity index (χ4v) is 2.27. The van der Waals surface area contributed by atoms with Crippen molar-refractivity contribution in [3.8, 4) is 0 Å². The molecule has 0 heterocycles. The molecule has 0 aliphatic heterocycles. The van der Waals surface area contributed by atoms with Crippen LogP contribution in [0.1, 0.15) is 39.0 Å². The number of allylic oxidation sites excluding steroid dienone is 4. The highest BCUT2D eigenvalue weighted by atomic mass is 16.1. The SMILES string of the molecule is C=CCC1=CC(=O)CCC[C@@]1(C)CC=C. The normalized spacial score (nSPS) is 26.7. The average molecular weight is 204 g/mol. The molecule has 1 nitrogen and oxygen atoms in total. The molecule has 1 aliphatic rings. The van der Waals surface area contributed by atoms with Crippen molar-refractivity contribution in [2.75, 3.05) is 0 Å². The van der Waals surface area contributed by atoms with Gasteiger partial charge in [0.2, 0.25) is 0 Å². The minimum absolute atomic E-state index is 0.113. The molecule has 0 aromatic rings. The van der Waals surface area contributed by atoms with Gasteiger partial charge in [0, 0.05) is 6.42 Å². The lowest BCUT2D eigenvalue weighted by Crippen LogP contribution is -2.17. The largest absolute Gasteiger partial charge is 0.295 e. The molecule has 0 fully saturated rings. The Bertz CT molecular complexity index is 298. The summed E-state index contributed by atoms with van der Waals surface area (Å²) in [6, 6.07) is 0. The van der Waals surface area contributed by atoms with Gasteiger partial charge in [0.15, 0.2) is 5.78 Å². The van der Waals surface area contributed by atoms with Crippen molar-refractivity contribution in [2.24, 2.45) is 5.41 Å². The summed E-state index contributed by atoms with van der Waals surface area (Å²) in [6.07, 6.45) is 10.2. The quantitative estimate of drug-likeness (QED) is 0.636. The third kappa shape index (κ3) is 2.92. The Morgan fingerprint density at radius 2 is 2.20 bits per heavy atom. The van der Waals surface area contributed by atoms with Crippen LogP contribution in [0, 0.1) is 5.41 Å². The lowest BCUT2D eigenvalue weighted by atomic mass is 9.75.